The molecule has 29 heteroatoms. The maximum Gasteiger partial charge on any atom is 0.435 e. The van der Waals surface area contributed by atoms with Crippen LogP contribution in [0.2, 0.25) is 5.02 Å². The van der Waals surface area contributed by atoms with E-state index in [2.05, 4.69) is 32.3 Å². The number of sulfonamides is 1. The Balaban J connectivity index is 1.48. The second-order valence-corrected chi connectivity index (χ2v) is 23.0. The zero-order chi connectivity index (χ0) is 55.0. The third kappa shape index (κ3) is 11.3. The number of halogens is 11. The van der Waals surface area contributed by atoms with Crippen molar-refractivity contribution in [3.05, 3.63) is 93.0 Å². The molecule has 1 unspecified atom stereocenters. The molecule has 2 aliphatic carbocycles. The van der Waals surface area contributed by atoms with Gasteiger partial charge < -0.3 is 15.3 Å². The monoisotopic (exact) mass is 1110 g/mol. The summed E-state index contributed by atoms with van der Waals surface area (Å²) in [6.07, 6.45) is -10.7. The number of urea groups is 1. The van der Waals surface area contributed by atoms with Crippen molar-refractivity contribution in [3.8, 4) is 23.0 Å². The number of aromatic nitrogens is 5. The number of carbonyl (C=O) groups excluding carboxylic acids is 2. The summed E-state index contributed by atoms with van der Waals surface area (Å²) >= 11 is 6.65. The lowest BCUT2D eigenvalue weighted by Gasteiger charge is -2.25. The van der Waals surface area contributed by atoms with Gasteiger partial charge in [-0.15, -0.1) is 0 Å². The summed E-state index contributed by atoms with van der Waals surface area (Å²) in [5.74, 6) is -7.40. The van der Waals surface area contributed by atoms with Crippen molar-refractivity contribution >= 4 is 66.1 Å². The van der Waals surface area contributed by atoms with E-state index in [1.807, 2.05) is 0 Å². The van der Waals surface area contributed by atoms with Gasteiger partial charge >= 0.3 is 24.4 Å². The van der Waals surface area contributed by atoms with Gasteiger partial charge in [-0.2, -0.15) is 49.6 Å². The number of nitrogens with zero attached hydrogens (tertiary/aromatic N) is 7. The number of fused-ring (bicyclic) bond motifs is 4. The van der Waals surface area contributed by atoms with Gasteiger partial charge in [0, 0.05) is 54.9 Å². The smallest absolute Gasteiger partial charge is 0.435 e. The fourth-order valence-electron chi connectivity index (χ4n) is 8.51. The largest absolute Gasteiger partial charge is 0.481 e. The molecule has 0 spiro atoms. The highest BCUT2D eigenvalue weighted by atomic mass is 35.5. The number of anilines is 1. The van der Waals surface area contributed by atoms with Crippen LogP contribution in [-0.2, 0) is 61.1 Å². The van der Waals surface area contributed by atoms with Gasteiger partial charge in [0.15, 0.2) is 21.3 Å². The quantitative estimate of drug-likeness (QED) is 0.0759. The predicted octanol–water partition coefficient (Wildman–Crippen LogP) is 7.97. The van der Waals surface area contributed by atoms with Gasteiger partial charge in [0.25, 0.3) is 5.92 Å². The molecule has 74 heavy (non-hydrogen) atoms. The van der Waals surface area contributed by atoms with Crippen molar-refractivity contribution in [3.63, 3.8) is 0 Å². The number of aliphatic carboxylic acids is 1. The number of carbonyl (C=O) groups is 3. The topological polar surface area (TPSA) is 207 Å². The molecule has 0 bridgehead atoms. The van der Waals surface area contributed by atoms with Crippen LogP contribution in [0, 0.1) is 29.4 Å². The lowest BCUT2D eigenvalue weighted by atomic mass is 9.93. The molecule has 1 fully saturated rings. The van der Waals surface area contributed by atoms with Crippen LogP contribution in [0.1, 0.15) is 79.0 Å². The summed E-state index contributed by atoms with van der Waals surface area (Å²) in [6, 6.07) is 3.24. The minimum Gasteiger partial charge on any atom is -0.481 e. The Morgan fingerprint density at radius 2 is 1.59 bits per heavy atom. The third-order valence-electron chi connectivity index (χ3n) is 12.2. The van der Waals surface area contributed by atoms with Gasteiger partial charge in [0.1, 0.15) is 40.9 Å². The summed E-state index contributed by atoms with van der Waals surface area (Å²) in [5.41, 5.74) is -6.04. The zero-order valence-corrected chi connectivity index (χ0v) is 41.5. The number of hydrogen-bond donors (Lipinski definition) is 2. The lowest BCUT2D eigenvalue weighted by Crippen LogP contribution is -2.45. The van der Waals surface area contributed by atoms with E-state index < -0.39 is 161 Å². The molecule has 3 amide bonds. The number of sulfone groups is 1. The van der Waals surface area contributed by atoms with Gasteiger partial charge in [0.2, 0.25) is 15.9 Å². The SMILES string of the molecule is CN(CCCC(=O)O)C(=O)N(c1nn(CC(F)(F)F)c2c(-c3ccc(C#CC(C)(C)S(C)(=O)=O)nc3C(Cc3cc(F)cc(F)c3)NC(=O)Cn3nc(C(F)(F)F)c4c3C(F)(F)[C@@H]3C[C@H]43)ccc(Cl)c12)S(C)(=O)=O. The first-order valence-electron chi connectivity index (χ1n) is 21.8. The van der Waals surface area contributed by atoms with Crippen molar-refractivity contribution in [1.29, 1.82) is 0 Å². The van der Waals surface area contributed by atoms with E-state index in [-0.39, 0.29) is 55.4 Å². The summed E-state index contributed by atoms with van der Waals surface area (Å²) in [4.78, 5) is 44.6. The Morgan fingerprint density at radius 3 is 2.18 bits per heavy atom. The molecule has 16 nitrogen and oxygen atoms in total. The van der Waals surface area contributed by atoms with Crippen molar-refractivity contribution in [1.82, 2.24) is 34.8 Å². The van der Waals surface area contributed by atoms with Crippen LogP contribution in [-0.4, -0.2) is 106 Å². The van der Waals surface area contributed by atoms with Gasteiger partial charge in [-0.25, -0.2) is 35.4 Å². The molecule has 398 valence electrons. The summed E-state index contributed by atoms with van der Waals surface area (Å²) < 4.78 is 198. The molecule has 3 atom stereocenters. The van der Waals surface area contributed by atoms with E-state index in [9.17, 15) is 66.3 Å². The average Bonchev–Trinajstić information content (AvgIpc) is 3.76. The number of hydrogen-bond acceptors (Lipinski definition) is 10. The highest BCUT2D eigenvalue weighted by molar-refractivity contribution is 7.93. The minimum atomic E-state index is -5.23. The standard InChI is InChI=1S/C45H41ClF10N8O8S2/c1-42(2,73(4,69)70)13-12-25-8-9-26(27-10-11-30(46)35-37(27)63(21-43(49,50)51)60-40(35)64(74(5,71)72)41(68)61(3)14-6-7-33(66)67)36(57-25)31(17-22-15-23(47)18-24(48)16-22)58-32(65)20-62-39-34(38(59-62)45(54,55)56)28-19-29(28)44(39,52)53/h8-11,15-16,18,28-29,31H,6-7,14,17,19-21H2,1-5H3,(H,58,65)(H,66,67)/t28-,29+,31?/m0/s1. The van der Waals surface area contributed by atoms with Crippen LogP contribution < -0.4 is 9.62 Å². The zero-order valence-electron chi connectivity index (χ0n) is 39.1. The Kier molecular flexibility index (Phi) is 14.5. The molecule has 5 aromatic rings. The van der Waals surface area contributed by atoms with Crippen LogP contribution in [0.15, 0.2) is 42.5 Å². The van der Waals surface area contributed by atoms with Crippen LogP contribution in [0.4, 0.5) is 54.5 Å². The number of benzene rings is 2. The van der Waals surface area contributed by atoms with E-state index in [0.717, 1.165) is 54.6 Å². The number of alkyl halides is 8. The second-order valence-electron chi connectivity index (χ2n) is 18.2. The van der Waals surface area contributed by atoms with Gasteiger partial charge in [-0.3, -0.25) is 19.0 Å². The fraction of sp³-hybridized carbons (Fsp3) is 0.422. The number of nitrogens with one attached hydrogen (secondary N) is 1. The lowest BCUT2D eigenvalue weighted by molar-refractivity contribution is -0.143. The maximum atomic E-state index is 15.6. The van der Waals surface area contributed by atoms with Crippen LogP contribution in [0.3, 0.4) is 0 Å². The van der Waals surface area contributed by atoms with Crippen molar-refractivity contribution < 1.29 is 80.2 Å². The predicted molar refractivity (Wildman–Crippen MR) is 245 cm³/mol. The fourth-order valence-corrected chi connectivity index (χ4v) is 9.85. The number of pyridine rings is 1. The average molecular weight is 1110 g/mol. The van der Waals surface area contributed by atoms with Crippen LogP contribution >= 0.6 is 11.6 Å². The van der Waals surface area contributed by atoms with E-state index >= 15 is 8.78 Å². The molecule has 2 aliphatic rings. The molecule has 2 aromatic carbocycles. The maximum absolute atomic E-state index is 15.6. The first-order valence-corrected chi connectivity index (χ1v) is 25.9. The molecular formula is C45H41ClF10N8O8S2. The third-order valence-corrected chi connectivity index (χ3v) is 15.5. The Bertz CT molecular complexity index is 3410. The number of carboxylic acid groups (broad SMARTS) is 1. The molecule has 0 aliphatic heterocycles. The molecular weight excluding hydrogens is 1070 g/mol. The molecule has 0 radical (unpaired) electrons. The van der Waals surface area contributed by atoms with E-state index in [4.69, 9.17) is 16.7 Å². The molecule has 0 saturated heterocycles. The highest BCUT2D eigenvalue weighted by Crippen LogP contribution is 2.68. The van der Waals surface area contributed by atoms with Gasteiger partial charge in [-0.05, 0) is 80.8 Å². The molecule has 7 rings (SSSR count). The number of amides is 3. The van der Waals surface area contributed by atoms with E-state index in [0.29, 0.717) is 12.3 Å². The van der Waals surface area contributed by atoms with Gasteiger partial charge in [0.05, 0.1) is 33.9 Å². The van der Waals surface area contributed by atoms with Crippen molar-refractivity contribution in [2.45, 2.75) is 87.6 Å². The highest BCUT2D eigenvalue weighted by Gasteiger charge is 2.68. The molecule has 2 N–H and O–H groups in total. The van der Waals surface area contributed by atoms with E-state index in [1.54, 1.807) is 0 Å². The summed E-state index contributed by atoms with van der Waals surface area (Å²) in [7, 11) is -7.71. The number of carboxylic acids is 1. The van der Waals surface area contributed by atoms with Crippen LogP contribution in [0.5, 0.6) is 0 Å². The normalized spacial score (nSPS) is 16.8. The summed E-state index contributed by atoms with van der Waals surface area (Å²) in [6.45, 7) is -1.24. The Morgan fingerprint density at radius 1 is 0.959 bits per heavy atom. The Hall–Kier alpha value is -6.47. The van der Waals surface area contributed by atoms with Crippen molar-refractivity contribution in [2.24, 2.45) is 5.92 Å². The minimum absolute atomic E-state index is 0.0325. The summed E-state index contributed by atoms with van der Waals surface area (Å²) in [5, 5.41) is 17.7. The number of rotatable bonds is 15. The van der Waals surface area contributed by atoms with Crippen molar-refractivity contribution in [2.75, 3.05) is 30.4 Å². The molecule has 3 aromatic heterocycles. The second kappa shape index (κ2) is 19.3. The molecule has 3 heterocycles. The van der Waals surface area contributed by atoms with E-state index in [1.165, 1.54) is 13.8 Å². The first kappa shape index (κ1) is 55.3. The molecule has 1 saturated carbocycles. The first-order chi connectivity index (χ1) is 34.0. The van der Waals surface area contributed by atoms with Crippen LogP contribution in [0.25, 0.3) is 22.0 Å². The Labute approximate surface area is 419 Å². The van der Waals surface area contributed by atoms with Gasteiger partial charge in [-0.1, -0.05) is 23.6 Å².